The highest BCUT2D eigenvalue weighted by molar-refractivity contribution is 5.76. The van der Waals surface area contributed by atoms with E-state index < -0.39 is 0 Å². The van der Waals surface area contributed by atoms with E-state index in [0.29, 0.717) is 18.4 Å². The van der Waals surface area contributed by atoms with Crippen molar-refractivity contribution >= 4 is 5.91 Å². The Labute approximate surface area is 163 Å². The van der Waals surface area contributed by atoms with Crippen LogP contribution in [0.3, 0.4) is 0 Å². The predicted molar refractivity (Wildman–Crippen MR) is 110 cm³/mol. The van der Waals surface area contributed by atoms with Gasteiger partial charge < -0.3 is 9.47 Å². The van der Waals surface area contributed by atoms with Gasteiger partial charge in [-0.15, -0.1) is 0 Å². The van der Waals surface area contributed by atoms with E-state index in [-0.39, 0.29) is 5.41 Å². The van der Waals surface area contributed by atoms with Gasteiger partial charge in [-0.05, 0) is 48.6 Å². The first-order valence-electron chi connectivity index (χ1n) is 10.3. The maximum Gasteiger partial charge on any atom is 0.222 e. The highest BCUT2D eigenvalue weighted by atomic mass is 16.2. The zero-order chi connectivity index (χ0) is 19.3. The second-order valence-electron chi connectivity index (χ2n) is 8.78. The Morgan fingerprint density at radius 2 is 1.81 bits per heavy atom. The van der Waals surface area contributed by atoms with Crippen LogP contribution in [-0.2, 0) is 16.6 Å². The van der Waals surface area contributed by atoms with Gasteiger partial charge in [-0.25, -0.2) is 4.98 Å². The Morgan fingerprint density at radius 3 is 2.41 bits per heavy atom. The molecule has 2 heterocycles. The summed E-state index contributed by atoms with van der Waals surface area (Å²) in [5.74, 6) is 0.321. The molecule has 3 rings (SSSR count). The van der Waals surface area contributed by atoms with Crippen molar-refractivity contribution in [2.45, 2.75) is 70.8 Å². The van der Waals surface area contributed by atoms with Crippen molar-refractivity contribution < 1.29 is 4.79 Å². The van der Waals surface area contributed by atoms with Crippen molar-refractivity contribution in [2.75, 3.05) is 13.1 Å². The summed E-state index contributed by atoms with van der Waals surface area (Å²) < 4.78 is 2.17. The van der Waals surface area contributed by atoms with Crippen LogP contribution >= 0.6 is 0 Å². The van der Waals surface area contributed by atoms with Crippen molar-refractivity contribution in [2.24, 2.45) is 0 Å². The molecule has 4 nitrogen and oxygen atoms in total. The number of imidazole rings is 1. The fourth-order valence-electron chi connectivity index (χ4n) is 3.83. The van der Waals surface area contributed by atoms with Gasteiger partial charge in [-0.2, -0.15) is 0 Å². The quantitative estimate of drug-likeness (QED) is 0.691. The Kier molecular flexibility index (Phi) is 6.35. The lowest BCUT2D eigenvalue weighted by atomic mass is 9.86. The molecule has 1 aromatic heterocycles. The van der Waals surface area contributed by atoms with E-state index in [0.717, 1.165) is 45.2 Å². The van der Waals surface area contributed by atoms with E-state index in [4.69, 9.17) is 0 Å². The van der Waals surface area contributed by atoms with Crippen LogP contribution in [0.5, 0.6) is 0 Å². The van der Waals surface area contributed by atoms with E-state index in [9.17, 15) is 4.79 Å². The minimum absolute atomic E-state index is 0.205. The Morgan fingerprint density at radius 1 is 1.11 bits per heavy atom. The maximum atomic E-state index is 12.5. The highest BCUT2D eigenvalue weighted by Gasteiger charge is 2.23. The fourth-order valence-corrected chi connectivity index (χ4v) is 3.83. The molecule has 1 aromatic carbocycles. The van der Waals surface area contributed by atoms with Gasteiger partial charge in [-0.1, -0.05) is 45.0 Å². The number of hydrogen-bond donors (Lipinski definition) is 0. The maximum absolute atomic E-state index is 12.5. The van der Waals surface area contributed by atoms with E-state index in [1.165, 1.54) is 11.1 Å². The van der Waals surface area contributed by atoms with Gasteiger partial charge in [0.25, 0.3) is 0 Å². The lowest BCUT2D eigenvalue weighted by Crippen LogP contribution is -2.38. The number of carbonyl (C=O) groups is 1. The van der Waals surface area contributed by atoms with Gasteiger partial charge in [-0.3, -0.25) is 4.79 Å². The van der Waals surface area contributed by atoms with E-state index >= 15 is 0 Å². The third-order valence-electron chi connectivity index (χ3n) is 5.69. The molecule has 1 aliphatic heterocycles. The van der Waals surface area contributed by atoms with E-state index in [1.54, 1.807) is 0 Å². The number of likely N-dealkylation sites (tertiary alicyclic amines) is 1. The van der Waals surface area contributed by atoms with Crippen LogP contribution in [-0.4, -0.2) is 33.4 Å². The molecule has 1 fully saturated rings. The molecular formula is C23H33N3O. The van der Waals surface area contributed by atoms with Gasteiger partial charge in [0.05, 0.1) is 6.33 Å². The monoisotopic (exact) mass is 367 g/mol. The Hall–Kier alpha value is -2.10. The second-order valence-corrected chi connectivity index (χ2v) is 8.78. The molecule has 0 spiro atoms. The smallest absolute Gasteiger partial charge is 0.222 e. The molecule has 0 atom stereocenters. The average Bonchev–Trinajstić information content (AvgIpc) is 3.20. The average molecular weight is 368 g/mol. The molecule has 1 saturated heterocycles. The molecule has 0 aliphatic carbocycles. The van der Waals surface area contributed by atoms with Crippen LogP contribution in [0, 0.1) is 0 Å². The Bertz CT molecular complexity index is 705. The van der Waals surface area contributed by atoms with Crippen molar-refractivity contribution in [3.05, 3.63) is 54.1 Å². The fraction of sp³-hybridized carbons (Fsp3) is 0.565. The summed E-state index contributed by atoms with van der Waals surface area (Å²) in [7, 11) is 0. The largest absolute Gasteiger partial charge is 0.343 e. The molecule has 1 aliphatic rings. The molecule has 2 aromatic rings. The van der Waals surface area contributed by atoms with Crippen molar-refractivity contribution in [3.63, 3.8) is 0 Å². The first-order chi connectivity index (χ1) is 12.9. The SMILES string of the molecule is CC(C)(C)c1ccc(CCCCC(=O)N2CCC(n3ccnc3)CC2)cc1. The molecule has 27 heavy (non-hydrogen) atoms. The molecular weight excluding hydrogens is 334 g/mol. The molecule has 0 radical (unpaired) electrons. The van der Waals surface area contributed by atoms with Crippen LogP contribution < -0.4 is 0 Å². The first kappa shape index (κ1) is 19.7. The van der Waals surface area contributed by atoms with Crippen LogP contribution in [0.4, 0.5) is 0 Å². The summed E-state index contributed by atoms with van der Waals surface area (Å²) in [5.41, 5.74) is 2.95. The van der Waals surface area contributed by atoms with Gasteiger partial charge in [0.1, 0.15) is 0 Å². The first-order valence-corrected chi connectivity index (χ1v) is 10.3. The molecule has 0 unspecified atom stereocenters. The molecule has 146 valence electrons. The van der Waals surface area contributed by atoms with E-state index in [1.807, 2.05) is 23.6 Å². The lowest BCUT2D eigenvalue weighted by Gasteiger charge is -2.32. The third kappa shape index (κ3) is 5.44. The standard InChI is InChI=1S/C23H33N3O/c1-23(2,3)20-10-8-19(9-11-20)6-4-5-7-22(27)25-15-12-21(13-16-25)26-17-14-24-18-26/h8-11,14,17-18,21H,4-7,12-13,15-16H2,1-3H3. The second kappa shape index (κ2) is 8.73. The molecule has 0 N–H and O–H groups in total. The number of unbranched alkanes of at least 4 members (excludes halogenated alkanes) is 1. The number of piperidine rings is 1. The van der Waals surface area contributed by atoms with Crippen LogP contribution in [0.2, 0.25) is 0 Å². The van der Waals surface area contributed by atoms with Crippen LogP contribution in [0.1, 0.15) is 70.0 Å². The van der Waals surface area contributed by atoms with Crippen LogP contribution in [0.15, 0.2) is 43.0 Å². The summed E-state index contributed by atoms with van der Waals surface area (Å²) in [6.45, 7) is 8.47. The molecule has 0 bridgehead atoms. The van der Waals surface area contributed by atoms with Crippen LogP contribution in [0.25, 0.3) is 0 Å². The van der Waals surface area contributed by atoms with Crippen molar-refractivity contribution in [3.8, 4) is 0 Å². The number of amides is 1. The predicted octanol–water partition coefficient (Wildman–Crippen LogP) is 4.76. The molecule has 4 heteroatoms. The summed E-state index contributed by atoms with van der Waals surface area (Å²) >= 11 is 0. The zero-order valence-corrected chi connectivity index (χ0v) is 17.0. The van der Waals surface area contributed by atoms with Gasteiger partial charge in [0.15, 0.2) is 0 Å². The summed E-state index contributed by atoms with van der Waals surface area (Å²) in [4.78, 5) is 18.6. The number of carbonyl (C=O) groups excluding carboxylic acids is 1. The lowest BCUT2D eigenvalue weighted by molar-refractivity contribution is -0.132. The highest BCUT2D eigenvalue weighted by Crippen LogP contribution is 2.24. The molecule has 0 saturated carbocycles. The number of nitrogens with zero attached hydrogens (tertiary/aromatic N) is 3. The number of benzene rings is 1. The number of aromatic nitrogens is 2. The zero-order valence-electron chi connectivity index (χ0n) is 17.0. The van der Waals surface area contributed by atoms with E-state index in [2.05, 4.69) is 54.6 Å². The van der Waals surface area contributed by atoms with Gasteiger partial charge >= 0.3 is 0 Å². The summed E-state index contributed by atoms with van der Waals surface area (Å²) in [5, 5.41) is 0. The number of aryl methyl sites for hydroxylation is 1. The normalized spacial score (nSPS) is 15.9. The third-order valence-corrected chi connectivity index (χ3v) is 5.69. The minimum Gasteiger partial charge on any atom is -0.343 e. The number of rotatable bonds is 6. The summed E-state index contributed by atoms with van der Waals surface area (Å²) in [6, 6.07) is 9.45. The minimum atomic E-state index is 0.205. The summed E-state index contributed by atoms with van der Waals surface area (Å²) in [6.07, 6.45) is 11.6. The topological polar surface area (TPSA) is 38.1 Å². The molecule has 1 amide bonds. The van der Waals surface area contributed by atoms with Crippen molar-refractivity contribution in [1.82, 2.24) is 14.5 Å². The van der Waals surface area contributed by atoms with Crippen molar-refractivity contribution in [1.29, 1.82) is 0 Å². The van der Waals surface area contributed by atoms with Gasteiger partial charge in [0, 0.05) is 37.9 Å². The Balaban J connectivity index is 1.35. The number of hydrogen-bond acceptors (Lipinski definition) is 2. The van der Waals surface area contributed by atoms with Gasteiger partial charge in [0.2, 0.25) is 5.91 Å².